The normalized spacial score (nSPS) is 21.9. The van der Waals surface area contributed by atoms with Gasteiger partial charge < -0.3 is 20.5 Å². The Balaban J connectivity index is 1.31. The van der Waals surface area contributed by atoms with Gasteiger partial charge in [0.15, 0.2) is 0 Å². The van der Waals surface area contributed by atoms with Gasteiger partial charge in [-0.3, -0.25) is 9.59 Å². The molecule has 0 radical (unpaired) electrons. The quantitative estimate of drug-likeness (QED) is 0.366. The molecular weight excluding hydrogens is 450 g/mol. The predicted octanol–water partition coefficient (Wildman–Crippen LogP) is 4.57. The minimum atomic E-state index is -0.236. The molecule has 3 fully saturated rings. The fourth-order valence-electron chi connectivity index (χ4n) is 5.71. The Kier molecular flexibility index (Phi) is 7.37. The first-order valence-electron chi connectivity index (χ1n) is 13.3. The number of unbranched alkanes of at least 4 members (excludes halogenated alkanes) is 2. The van der Waals surface area contributed by atoms with Crippen LogP contribution in [0.3, 0.4) is 0 Å². The lowest BCUT2D eigenvalue weighted by Crippen LogP contribution is -2.55. The lowest BCUT2D eigenvalue weighted by Gasteiger charge is -2.47. The van der Waals surface area contributed by atoms with E-state index in [2.05, 4.69) is 56.9 Å². The molecular formula is C29H37N5O2. The molecule has 2 aromatic carbocycles. The average molecular weight is 488 g/mol. The Labute approximate surface area is 213 Å². The molecule has 4 heterocycles. The smallest absolute Gasteiger partial charge is 0.226 e. The highest BCUT2D eigenvalue weighted by molar-refractivity contribution is 5.87. The number of nitrogens with one attached hydrogen (secondary N) is 3. The summed E-state index contributed by atoms with van der Waals surface area (Å²) >= 11 is 0. The molecule has 3 aliphatic heterocycles. The van der Waals surface area contributed by atoms with Crippen molar-refractivity contribution in [2.45, 2.75) is 57.4 Å². The SMILES string of the molecule is CNC(=O)CCCCCC(NC(=O)C12CCN(CC1)CC2)c1ncc(-c2ccc3ccccc3c2)[nH]1. The van der Waals surface area contributed by atoms with Gasteiger partial charge >= 0.3 is 0 Å². The van der Waals surface area contributed by atoms with Crippen molar-refractivity contribution < 1.29 is 9.59 Å². The summed E-state index contributed by atoms with van der Waals surface area (Å²) in [6.07, 6.45) is 8.76. The summed E-state index contributed by atoms with van der Waals surface area (Å²) in [7, 11) is 1.67. The lowest BCUT2D eigenvalue weighted by molar-refractivity contribution is -0.139. The highest BCUT2D eigenvalue weighted by Crippen LogP contribution is 2.41. The molecule has 1 aromatic heterocycles. The Hall–Kier alpha value is -3.19. The van der Waals surface area contributed by atoms with Crippen LogP contribution in [-0.2, 0) is 9.59 Å². The van der Waals surface area contributed by atoms with Crippen LogP contribution in [0.15, 0.2) is 48.7 Å². The Bertz CT molecular complexity index is 1200. The van der Waals surface area contributed by atoms with E-state index in [0.717, 1.165) is 81.7 Å². The number of rotatable bonds is 10. The fraction of sp³-hybridized carbons (Fsp3) is 0.483. The van der Waals surface area contributed by atoms with Crippen molar-refractivity contribution in [1.82, 2.24) is 25.5 Å². The number of H-pyrrole nitrogens is 1. The highest BCUT2D eigenvalue weighted by Gasteiger charge is 2.45. The van der Waals surface area contributed by atoms with Crippen LogP contribution in [0.25, 0.3) is 22.0 Å². The molecule has 3 aromatic rings. The topological polar surface area (TPSA) is 90.1 Å². The largest absolute Gasteiger partial charge is 0.359 e. The van der Waals surface area contributed by atoms with Gasteiger partial charge in [-0.1, -0.05) is 49.2 Å². The monoisotopic (exact) mass is 487 g/mol. The third-order valence-electron chi connectivity index (χ3n) is 8.17. The number of hydrogen-bond acceptors (Lipinski definition) is 4. The van der Waals surface area contributed by atoms with Crippen molar-refractivity contribution in [3.8, 4) is 11.3 Å². The third-order valence-corrected chi connectivity index (χ3v) is 8.17. The second-order valence-electron chi connectivity index (χ2n) is 10.4. The predicted molar refractivity (Wildman–Crippen MR) is 142 cm³/mol. The van der Waals surface area contributed by atoms with Gasteiger partial charge in [-0.2, -0.15) is 0 Å². The number of fused-ring (bicyclic) bond motifs is 4. The molecule has 3 saturated heterocycles. The second-order valence-corrected chi connectivity index (χ2v) is 10.4. The molecule has 0 spiro atoms. The van der Waals surface area contributed by atoms with Crippen LogP contribution in [0.2, 0.25) is 0 Å². The molecule has 1 atom stereocenters. The molecule has 36 heavy (non-hydrogen) atoms. The summed E-state index contributed by atoms with van der Waals surface area (Å²) in [4.78, 5) is 35.8. The lowest BCUT2D eigenvalue weighted by atomic mass is 9.71. The number of carbonyl (C=O) groups excluding carboxylic acids is 2. The summed E-state index contributed by atoms with van der Waals surface area (Å²) in [6.45, 7) is 3.05. The van der Waals surface area contributed by atoms with Gasteiger partial charge in [0, 0.05) is 19.0 Å². The molecule has 6 rings (SSSR count). The van der Waals surface area contributed by atoms with Crippen molar-refractivity contribution in [3.05, 3.63) is 54.5 Å². The Morgan fingerprint density at radius 3 is 2.53 bits per heavy atom. The average Bonchev–Trinajstić information content (AvgIpc) is 3.43. The first-order chi connectivity index (χ1) is 17.6. The second kappa shape index (κ2) is 10.8. The first kappa shape index (κ1) is 24.5. The van der Waals surface area contributed by atoms with E-state index in [9.17, 15) is 9.59 Å². The number of benzene rings is 2. The molecule has 0 aliphatic carbocycles. The van der Waals surface area contributed by atoms with Crippen LogP contribution in [0.4, 0.5) is 0 Å². The minimum absolute atomic E-state index is 0.0775. The van der Waals surface area contributed by atoms with E-state index in [0.29, 0.717) is 6.42 Å². The molecule has 3 N–H and O–H groups in total. The van der Waals surface area contributed by atoms with E-state index in [1.165, 1.54) is 10.8 Å². The molecule has 7 heteroatoms. The fourth-order valence-corrected chi connectivity index (χ4v) is 5.71. The van der Waals surface area contributed by atoms with Crippen LogP contribution < -0.4 is 10.6 Å². The Morgan fingerprint density at radius 2 is 1.78 bits per heavy atom. The van der Waals surface area contributed by atoms with Crippen molar-refractivity contribution in [2.24, 2.45) is 5.41 Å². The van der Waals surface area contributed by atoms with Crippen LogP contribution in [0.5, 0.6) is 0 Å². The zero-order valence-electron chi connectivity index (χ0n) is 21.2. The summed E-state index contributed by atoms with van der Waals surface area (Å²) in [5, 5.41) is 8.48. The maximum Gasteiger partial charge on any atom is 0.226 e. The van der Waals surface area contributed by atoms with Crippen LogP contribution >= 0.6 is 0 Å². The van der Waals surface area contributed by atoms with E-state index in [1.54, 1.807) is 7.05 Å². The number of aromatic nitrogens is 2. The van der Waals surface area contributed by atoms with E-state index in [-0.39, 0.29) is 23.3 Å². The number of carbonyl (C=O) groups is 2. The maximum atomic E-state index is 13.6. The van der Waals surface area contributed by atoms with E-state index >= 15 is 0 Å². The van der Waals surface area contributed by atoms with E-state index < -0.39 is 0 Å². The van der Waals surface area contributed by atoms with Gasteiger partial charge in [0.05, 0.1) is 23.3 Å². The number of nitrogens with zero attached hydrogens (tertiary/aromatic N) is 2. The molecule has 0 saturated carbocycles. The maximum absolute atomic E-state index is 13.6. The zero-order chi connectivity index (χ0) is 25.0. The number of amides is 2. The number of piperidine rings is 3. The van der Waals surface area contributed by atoms with Gasteiger partial charge in [0.25, 0.3) is 0 Å². The molecule has 2 amide bonds. The Morgan fingerprint density at radius 1 is 1.03 bits per heavy atom. The first-order valence-corrected chi connectivity index (χ1v) is 13.3. The highest BCUT2D eigenvalue weighted by atomic mass is 16.2. The number of hydrogen-bond donors (Lipinski definition) is 3. The standard InChI is InChI=1S/C29H37N5O2/c1-30-26(35)10-4-2-3-9-24(33-28(36)29-13-16-34(17-14-29)18-15-29)27-31-20-25(32-27)23-12-11-21-7-5-6-8-22(21)19-23/h5-8,11-12,19-20,24H,2-4,9-10,13-18H2,1H3,(H,30,35)(H,31,32)(H,33,36). The molecule has 2 bridgehead atoms. The summed E-state index contributed by atoms with van der Waals surface area (Å²) in [5.41, 5.74) is 1.81. The van der Waals surface area contributed by atoms with Crippen molar-refractivity contribution in [3.63, 3.8) is 0 Å². The van der Waals surface area contributed by atoms with E-state index in [4.69, 9.17) is 4.98 Å². The van der Waals surface area contributed by atoms with Gasteiger partial charge in [-0.15, -0.1) is 0 Å². The summed E-state index contributed by atoms with van der Waals surface area (Å²) in [6, 6.07) is 14.6. The molecule has 7 nitrogen and oxygen atoms in total. The van der Waals surface area contributed by atoms with Crippen LogP contribution in [0.1, 0.15) is 63.2 Å². The van der Waals surface area contributed by atoms with Crippen molar-refractivity contribution in [2.75, 3.05) is 26.7 Å². The third kappa shape index (κ3) is 5.31. The van der Waals surface area contributed by atoms with Crippen LogP contribution in [-0.4, -0.2) is 53.4 Å². The van der Waals surface area contributed by atoms with Gasteiger partial charge in [-0.05, 0) is 68.6 Å². The van der Waals surface area contributed by atoms with E-state index in [1.807, 2.05) is 12.3 Å². The number of aromatic amines is 1. The zero-order valence-corrected chi connectivity index (χ0v) is 21.2. The van der Waals surface area contributed by atoms with Crippen molar-refractivity contribution in [1.29, 1.82) is 0 Å². The van der Waals surface area contributed by atoms with Gasteiger partial charge in [-0.25, -0.2) is 4.98 Å². The number of imidazole rings is 1. The molecule has 3 aliphatic rings. The summed E-state index contributed by atoms with van der Waals surface area (Å²) in [5.74, 6) is 1.07. The van der Waals surface area contributed by atoms with Gasteiger partial charge in [0.1, 0.15) is 5.82 Å². The molecule has 1 unspecified atom stereocenters. The minimum Gasteiger partial charge on any atom is -0.359 e. The summed E-state index contributed by atoms with van der Waals surface area (Å²) < 4.78 is 0. The molecule has 190 valence electrons. The van der Waals surface area contributed by atoms with Crippen molar-refractivity contribution >= 4 is 22.6 Å². The van der Waals surface area contributed by atoms with Crippen LogP contribution in [0, 0.1) is 5.41 Å². The van der Waals surface area contributed by atoms with Gasteiger partial charge in [0.2, 0.25) is 11.8 Å².